The molecule has 68 valence electrons. The topological polar surface area (TPSA) is 41.6 Å². The van der Waals surface area contributed by atoms with Crippen molar-refractivity contribution in [1.29, 1.82) is 0 Å². The van der Waals surface area contributed by atoms with Crippen LogP contribution in [0.5, 0.6) is 0 Å². The number of rotatable bonds is 2. The Hall–Kier alpha value is -0.610. The highest BCUT2D eigenvalue weighted by Gasteiger charge is 2.47. The van der Waals surface area contributed by atoms with Gasteiger partial charge in [-0.15, -0.1) is 0 Å². The van der Waals surface area contributed by atoms with Crippen LogP contribution < -0.4 is 5.32 Å². The Balaban J connectivity index is 1.71. The minimum absolute atomic E-state index is 0.128. The van der Waals surface area contributed by atoms with Crippen LogP contribution >= 0.6 is 0 Å². The first-order chi connectivity index (χ1) is 5.74. The highest BCUT2D eigenvalue weighted by Crippen LogP contribution is 2.33. The van der Waals surface area contributed by atoms with Gasteiger partial charge in [0.1, 0.15) is 0 Å². The van der Waals surface area contributed by atoms with E-state index in [-0.39, 0.29) is 5.97 Å². The lowest BCUT2D eigenvalue weighted by molar-refractivity contribution is -0.146. The van der Waals surface area contributed by atoms with Crippen molar-refractivity contribution in [3.8, 4) is 0 Å². The minimum atomic E-state index is -0.128. The van der Waals surface area contributed by atoms with E-state index in [4.69, 9.17) is 0 Å². The number of nitrogens with zero attached hydrogens (tertiary/aromatic N) is 1. The second-order valence-corrected chi connectivity index (χ2v) is 3.82. The molecule has 0 aromatic heterocycles. The fraction of sp³-hybridized carbons (Fsp3) is 0.875. The summed E-state index contributed by atoms with van der Waals surface area (Å²) in [4.78, 5) is 13.0. The molecule has 0 atom stereocenters. The van der Waals surface area contributed by atoms with E-state index in [1.54, 1.807) is 0 Å². The summed E-state index contributed by atoms with van der Waals surface area (Å²) in [6.07, 6.45) is 0. The van der Waals surface area contributed by atoms with Gasteiger partial charge in [0.25, 0.3) is 0 Å². The van der Waals surface area contributed by atoms with Crippen molar-refractivity contribution in [2.75, 3.05) is 39.8 Å². The Morgan fingerprint density at radius 1 is 1.58 bits per heavy atom. The van der Waals surface area contributed by atoms with Crippen molar-refractivity contribution >= 4 is 5.97 Å². The largest absolute Gasteiger partial charge is 0.468 e. The predicted octanol–water partition coefficient (Wildman–Crippen LogP) is -0.935. The maximum Gasteiger partial charge on any atom is 0.319 e. The summed E-state index contributed by atoms with van der Waals surface area (Å²) in [5.41, 5.74) is 0.508. The second kappa shape index (κ2) is 2.71. The molecule has 0 saturated carbocycles. The average molecular weight is 170 g/mol. The van der Waals surface area contributed by atoms with Crippen molar-refractivity contribution < 1.29 is 9.53 Å². The van der Waals surface area contributed by atoms with Crippen molar-refractivity contribution in [3.63, 3.8) is 0 Å². The molecule has 1 spiro atoms. The molecule has 4 heteroatoms. The van der Waals surface area contributed by atoms with Crippen LogP contribution in [0.1, 0.15) is 0 Å². The smallest absolute Gasteiger partial charge is 0.319 e. The Labute approximate surface area is 71.9 Å². The number of carbonyl (C=O) groups is 1. The summed E-state index contributed by atoms with van der Waals surface area (Å²) in [6, 6.07) is 0. The van der Waals surface area contributed by atoms with Crippen LogP contribution in [0.4, 0.5) is 0 Å². The molecule has 0 aromatic rings. The van der Waals surface area contributed by atoms with Gasteiger partial charge in [-0.25, -0.2) is 0 Å². The molecule has 4 nitrogen and oxygen atoms in total. The third-order valence-corrected chi connectivity index (χ3v) is 2.70. The van der Waals surface area contributed by atoms with E-state index in [1.807, 2.05) is 0 Å². The summed E-state index contributed by atoms with van der Waals surface area (Å²) in [5, 5.41) is 3.25. The van der Waals surface area contributed by atoms with Crippen LogP contribution in [0.2, 0.25) is 0 Å². The summed E-state index contributed by atoms with van der Waals surface area (Å²) in [7, 11) is 1.43. The molecule has 12 heavy (non-hydrogen) atoms. The van der Waals surface area contributed by atoms with E-state index in [2.05, 4.69) is 15.0 Å². The van der Waals surface area contributed by atoms with Crippen LogP contribution in [0.3, 0.4) is 0 Å². The SMILES string of the molecule is COC(=O)CN1CC2(CNC2)C1. The Kier molecular flexibility index (Phi) is 1.81. The van der Waals surface area contributed by atoms with Crippen molar-refractivity contribution in [1.82, 2.24) is 10.2 Å². The van der Waals surface area contributed by atoms with E-state index in [1.165, 1.54) is 7.11 Å². The standard InChI is InChI=1S/C8H14N2O2/c1-12-7(11)2-10-5-8(6-10)3-9-4-8/h9H,2-6H2,1H3. The van der Waals surface area contributed by atoms with Crippen molar-refractivity contribution in [3.05, 3.63) is 0 Å². The third kappa shape index (κ3) is 1.21. The van der Waals surface area contributed by atoms with E-state index >= 15 is 0 Å². The van der Waals surface area contributed by atoms with Gasteiger partial charge < -0.3 is 10.1 Å². The Morgan fingerprint density at radius 2 is 2.25 bits per heavy atom. The summed E-state index contributed by atoms with van der Waals surface area (Å²) >= 11 is 0. The molecule has 0 unspecified atom stereocenters. The molecule has 0 amide bonds. The molecule has 0 aliphatic carbocycles. The number of ether oxygens (including phenoxy) is 1. The van der Waals surface area contributed by atoms with Crippen molar-refractivity contribution in [2.45, 2.75) is 0 Å². The van der Waals surface area contributed by atoms with Gasteiger partial charge in [-0.05, 0) is 0 Å². The number of methoxy groups -OCH3 is 1. The maximum absolute atomic E-state index is 10.9. The van der Waals surface area contributed by atoms with E-state index in [0.717, 1.165) is 26.2 Å². The summed E-state index contributed by atoms with van der Waals surface area (Å²) in [5.74, 6) is -0.128. The first-order valence-electron chi connectivity index (χ1n) is 4.24. The fourth-order valence-corrected chi connectivity index (χ4v) is 1.96. The van der Waals surface area contributed by atoms with Gasteiger partial charge in [0.15, 0.2) is 0 Å². The van der Waals surface area contributed by atoms with Gasteiger partial charge in [0.2, 0.25) is 0 Å². The highest BCUT2D eigenvalue weighted by molar-refractivity contribution is 5.71. The molecule has 0 aromatic carbocycles. The van der Waals surface area contributed by atoms with Crippen molar-refractivity contribution in [2.24, 2.45) is 5.41 Å². The molecule has 2 fully saturated rings. The van der Waals surface area contributed by atoms with Gasteiger partial charge >= 0.3 is 5.97 Å². The quantitative estimate of drug-likeness (QED) is 0.543. The van der Waals surface area contributed by atoms with Crippen LogP contribution in [-0.2, 0) is 9.53 Å². The highest BCUT2D eigenvalue weighted by atomic mass is 16.5. The molecule has 0 radical (unpaired) electrons. The van der Waals surface area contributed by atoms with Crippen LogP contribution in [0.15, 0.2) is 0 Å². The van der Waals surface area contributed by atoms with Crippen LogP contribution in [0.25, 0.3) is 0 Å². The minimum Gasteiger partial charge on any atom is -0.468 e. The maximum atomic E-state index is 10.9. The summed E-state index contributed by atoms with van der Waals surface area (Å²) in [6.45, 7) is 4.79. The van der Waals surface area contributed by atoms with Crippen LogP contribution in [-0.4, -0.2) is 50.7 Å². The lowest BCUT2D eigenvalue weighted by atomic mass is 9.74. The van der Waals surface area contributed by atoms with Gasteiger partial charge in [-0.2, -0.15) is 0 Å². The zero-order valence-electron chi connectivity index (χ0n) is 7.30. The average Bonchev–Trinajstić information content (AvgIpc) is 1.91. The molecule has 1 N–H and O–H groups in total. The number of carbonyl (C=O) groups excluding carboxylic acids is 1. The zero-order valence-corrected chi connectivity index (χ0v) is 7.30. The molecule has 2 aliphatic heterocycles. The molecule has 2 heterocycles. The number of esters is 1. The monoisotopic (exact) mass is 170 g/mol. The molecule has 2 saturated heterocycles. The van der Waals surface area contributed by atoms with Gasteiger partial charge in [0.05, 0.1) is 13.7 Å². The van der Waals surface area contributed by atoms with Gasteiger partial charge in [-0.3, -0.25) is 9.69 Å². The molecule has 2 aliphatic rings. The zero-order chi connectivity index (χ0) is 8.60. The molecule has 0 bridgehead atoms. The first kappa shape index (κ1) is 8.01. The number of likely N-dealkylation sites (tertiary alicyclic amines) is 1. The van der Waals surface area contributed by atoms with Gasteiger partial charge in [-0.1, -0.05) is 0 Å². The number of hydrogen-bond donors (Lipinski definition) is 1. The molecule has 2 rings (SSSR count). The first-order valence-corrected chi connectivity index (χ1v) is 4.24. The lowest BCUT2D eigenvalue weighted by Crippen LogP contribution is -2.71. The van der Waals surface area contributed by atoms with E-state index in [9.17, 15) is 4.79 Å². The number of hydrogen-bond acceptors (Lipinski definition) is 4. The van der Waals surface area contributed by atoms with Crippen LogP contribution in [0, 0.1) is 5.41 Å². The second-order valence-electron chi connectivity index (χ2n) is 3.82. The fourth-order valence-electron chi connectivity index (χ4n) is 1.96. The van der Waals surface area contributed by atoms with Gasteiger partial charge in [0, 0.05) is 31.6 Å². The Morgan fingerprint density at radius 3 is 2.67 bits per heavy atom. The summed E-state index contributed by atoms with van der Waals surface area (Å²) < 4.78 is 4.58. The normalized spacial score (nSPS) is 26.1. The molecular formula is C8H14N2O2. The number of nitrogens with one attached hydrogen (secondary N) is 1. The predicted molar refractivity (Wildman–Crippen MR) is 43.8 cm³/mol. The molecular weight excluding hydrogens is 156 g/mol. The Bertz CT molecular complexity index is 193. The van der Waals surface area contributed by atoms with E-state index < -0.39 is 0 Å². The lowest BCUT2D eigenvalue weighted by Gasteiger charge is -2.55. The van der Waals surface area contributed by atoms with E-state index in [0.29, 0.717) is 12.0 Å². The third-order valence-electron chi connectivity index (χ3n) is 2.70.